The molecule has 0 aliphatic carbocycles. The smallest absolute Gasteiger partial charge is 0.174 e. The second-order valence-corrected chi connectivity index (χ2v) is 9.05. The molecule has 37 heavy (non-hydrogen) atoms. The summed E-state index contributed by atoms with van der Waals surface area (Å²) >= 11 is 0. The largest absolute Gasteiger partial charge is 0.492 e. The Labute approximate surface area is 214 Å². The van der Waals surface area contributed by atoms with Gasteiger partial charge in [0, 0.05) is 45.0 Å². The van der Waals surface area contributed by atoms with Crippen molar-refractivity contribution in [2.24, 2.45) is 7.05 Å². The van der Waals surface area contributed by atoms with Crippen LogP contribution >= 0.6 is 0 Å². The lowest BCUT2D eigenvalue weighted by atomic mass is 10.2. The van der Waals surface area contributed by atoms with Gasteiger partial charge in [0.2, 0.25) is 0 Å². The number of anilines is 3. The van der Waals surface area contributed by atoms with Crippen LogP contribution in [-0.4, -0.2) is 57.8 Å². The fourth-order valence-electron chi connectivity index (χ4n) is 4.69. The van der Waals surface area contributed by atoms with Gasteiger partial charge in [-0.15, -0.1) is 0 Å². The molecular weight excluding hydrogens is 468 g/mol. The Morgan fingerprint density at radius 1 is 0.973 bits per heavy atom. The van der Waals surface area contributed by atoms with Gasteiger partial charge in [-0.2, -0.15) is 0 Å². The number of aromatic nitrogens is 5. The summed E-state index contributed by atoms with van der Waals surface area (Å²) in [6.45, 7) is 5.55. The second kappa shape index (κ2) is 9.55. The van der Waals surface area contributed by atoms with Crippen molar-refractivity contribution in [1.82, 2.24) is 29.8 Å². The van der Waals surface area contributed by atoms with E-state index in [-0.39, 0.29) is 0 Å². The predicted molar refractivity (Wildman–Crippen MR) is 144 cm³/mol. The van der Waals surface area contributed by atoms with E-state index in [4.69, 9.17) is 9.47 Å². The van der Waals surface area contributed by atoms with E-state index in [9.17, 15) is 0 Å². The number of nitrogens with zero attached hydrogens (tertiary/aromatic N) is 6. The molecule has 5 aromatic rings. The lowest BCUT2D eigenvalue weighted by molar-refractivity contribution is 0.416. The third-order valence-corrected chi connectivity index (χ3v) is 6.60. The number of pyridine rings is 1. The highest BCUT2D eigenvalue weighted by Gasteiger charge is 2.21. The molecule has 0 unspecified atom stereocenters. The van der Waals surface area contributed by atoms with Crippen molar-refractivity contribution < 1.29 is 9.47 Å². The first kappa shape index (κ1) is 23.0. The average molecular weight is 497 g/mol. The minimum atomic E-state index is 0.661. The molecule has 1 saturated heterocycles. The maximum absolute atomic E-state index is 6.18. The average Bonchev–Trinajstić information content (AvgIpc) is 3.30. The molecule has 0 atom stereocenters. The number of fused-ring (bicyclic) bond motifs is 2. The zero-order valence-corrected chi connectivity index (χ0v) is 21.0. The molecule has 188 valence electrons. The highest BCUT2D eigenvalue weighted by Crippen LogP contribution is 2.38. The molecule has 0 saturated carbocycles. The predicted octanol–water partition coefficient (Wildman–Crippen LogP) is 4.17. The van der Waals surface area contributed by atoms with Gasteiger partial charge in [-0.25, -0.2) is 19.9 Å². The first-order chi connectivity index (χ1) is 18.1. The fraction of sp³-hybridized carbons (Fsp3) is 0.259. The zero-order valence-electron chi connectivity index (χ0n) is 21.0. The van der Waals surface area contributed by atoms with Gasteiger partial charge in [-0.1, -0.05) is 0 Å². The lowest BCUT2D eigenvalue weighted by Gasteiger charge is -2.29. The summed E-state index contributed by atoms with van der Waals surface area (Å²) in [6.07, 6.45) is 5.12. The second-order valence-electron chi connectivity index (χ2n) is 9.05. The van der Waals surface area contributed by atoms with Crippen LogP contribution in [0.3, 0.4) is 0 Å². The molecule has 10 heteroatoms. The number of rotatable bonds is 6. The van der Waals surface area contributed by atoms with E-state index in [1.807, 2.05) is 54.9 Å². The van der Waals surface area contributed by atoms with Gasteiger partial charge in [0.05, 0.1) is 41.6 Å². The van der Waals surface area contributed by atoms with E-state index in [0.717, 1.165) is 76.7 Å². The number of ether oxygens (including phenoxy) is 2. The van der Waals surface area contributed by atoms with Crippen molar-refractivity contribution in [3.8, 4) is 17.2 Å². The van der Waals surface area contributed by atoms with E-state index < -0.39 is 0 Å². The molecule has 1 aliphatic heterocycles. The van der Waals surface area contributed by atoms with Crippen LogP contribution in [0.5, 0.6) is 17.2 Å². The Kier molecular flexibility index (Phi) is 5.93. The van der Waals surface area contributed by atoms with Crippen LogP contribution in [-0.2, 0) is 7.05 Å². The molecule has 0 radical (unpaired) electrons. The maximum atomic E-state index is 6.18. The number of hydrogen-bond acceptors (Lipinski definition) is 9. The van der Waals surface area contributed by atoms with Gasteiger partial charge in [-0.3, -0.25) is 0 Å². The summed E-state index contributed by atoms with van der Waals surface area (Å²) in [5.41, 5.74) is 4.55. The Hall–Kier alpha value is -4.44. The van der Waals surface area contributed by atoms with Gasteiger partial charge in [0.25, 0.3) is 0 Å². The Balaban J connectivity index is 1.30. The van der Waals surface area contributed by atoms with Gasteiger partial charge < -0.3 is 29.6 Å². The molecule has 0 bridgehead atoms. The number of hydrogen-bond donors (Lipinski definition) is 2. The summed E-state index contributed by atoms with van der Waals surface area (Å²) < 4.78 is 14.0. The van der Waals surface area contributed by atoms with E-state index >= 15 is 0 Å². The summed E-state index contributed by atoms with van der Waals surface area (Å²) in [7, 11) is 3.64. The van der Waals surface area contributed by atoms with Gasteiger partial charge >= 0.3 is 0 Å². The molecule has 0 spiro atoms. The van der Waals surface area contributed by atoms with Crippen LogP contribution in [0, 0.1) is 6.92 Å². The van der Waals surface area contributed by atoms with E-state index in [1.165, 1.54) is 6.33 Å². The molecule has 1 fully saturated rings. The molecule has 2 aromatic carbocycles. The summed E-state index contributed by atoms with van der Waals surface area (Å²) in [5, 5.41) is 7.63. The number of methoxy groups -OCH3 is 1. The number of nitrogens with one attached hydrogen (secondary N) is 2. The van der Waals surface area contributed by atoms with E-state index in [0.29, 0.717) is 11.6 Å². The minimum absolute atomic E-state index is 0.661. The molecule has 4 heterocycles. The van der Waals surface area contributed by atoms with Crippen molar-refractivity contribution in [2.75, 3.05) is 43.5 Å². The van der Waals surface area contributed by atoms with Crippen LogP contribution in [0.1, 0.15) is 5.56 Å². The Bertz CT molecular complexity index is 1590. The van der Waals surface area contributed by atoms with Crippen LogP contribution in [0.15, 0.2) is 55.2 Å². The van der Waals surface area contributed by atoms with Crippen molar-refractivity contribution in [3.05, 3.63) is 60.8 Å². The number of aryl methyl sites for hydroxylation is 2. The number of imidazole rings is 1. The third kappa shape index (κ3) is 4.36. The molecule has 3 aromatic heterocycles. The first-order valence-electron chi connectivity index (χ1n) is 12.2. The maximum Gasteiger partial charge on any atom is 0.174 e. The van der Waals surface area contributed by atoms with Crippen molar-refractivity contribution in [1.29, 1.82) is 0 Å². The number of benzene rings is 2. The summed E-state index contributed by atoms with van der Waals surface area (Å²) in [4.78, 5) is 20.3. The molecule has 0 amide bonds. The quantitative estimate of drug-likeness (QED) is 0.358. The van der Waals surface area contributed by atoms with E-state index in [1.54, 1.807) is 19.6 Å². The number of piperazine rings is 1. The van der Waals surface area contributed by atoms with Crippen LogP contribution in [0.2, 0.25) is 0 Å². The normalized spacial score (nSPS) is 13.8. The highest BCUT2D eigenvalue weighted by atomic mass is 16.5. The Morgan fingerprint density at radius 3 is 2.65 bits per heavy atom. The van der Waals surface area contributed by atoms with Crippen molar-refractivity contribution >= 4 is 39.3 Å². The molecule has 6 rings (SSSR count). The van der Waals surface area contributed by atoms with Crippen LogP contribution in [0.25, 0.3) is 21.9 Å². The molecule has 2 N–H and O–H groups in total. The van der Waals surface area contributed by atoms with Gasteiger partial charge in [-0.05, 0) is 42.8 Å². The molecule has 1 aliphatic rings. The Morgan fingerprint density at radius 2 is 1.84 bits per heavy atom. The van der Waals surface area contributed by atoms with Crippen LogP contribution < -0.4 is 25.0 Å². The minimum Gasteiger partial charge on any atom is -0.492 e. The monoisotopic (exact) mass is 496 g/mol. The topological polar surface area (TPSA) is 102 Å². The highest BCUT2D eigenvalue weighted by molar-refractivity contribution is 5.98. The summed E-state index contributed by atoms with van der Waals surface area (Å²) in [6, 6.07) is 11.9. The van der Waals surface area contributed by atoms with Crippen molar-refractivity contribution in [2.45, 2.75) is 6.92 Å². The third-order valence-electron chi connectivity index (χ3n) is 6.60. The first-order valence-corrected chi connectivity index (χ1v) is 12.2. The van der Waals surface area contributed by atoms with Crippen molar-refractivity contribution in [3.63, 3.8) is 0 Å². The standard InChI is InChI=1S/C27H28N8O2/c1-17-12-18(4-7-23(17)37-19-5-6-22-20(13-19)32-16-34(22)2)33-26-24-21(30-15-31-26)14-29-27(25(24)36-3)35-10-8-28-9-11-35/h4-7,12-16,28H,8-11H2,1-3H3,(H,30,31,33). The van der Waals surface area contributed by atoms with Crippen LogP contribution in [0.4, 0.5) is 17.3 Å². The fourth-order valence-corrected chi connectivity index (χ4v) is 4.69. The van der Waals surface area contributed by atoms with Gasteiger partial charge in [0.15, 0.2) is 11.6 Å². The molecule has 10 nitrogen and oxygen atoms in total. The zero-order chi connectivity index (χ0) is 25.4. The van der Waals surface area contributed by atoms with E-state index in [2.05, 4.69) is 35.5 Å². The summed E-state index contributed by atoms with van der Waals surface area (Å²) in [5.74, 6) is 3.66. The SMILES string of the molecule is COc1c(N2CCNCC2)ncc2ncnc(Nc3ccc(Oc4ccc5c(c4)ncn5C)c(C)c3)c12. The lowest BCUT2D eigenvalue weighted by Crippen LogP contribution is -2.44. The molecular formula is C27H28N8O2. The van der Waals surface area contributed by atoms with Gasteiger partial charge in [0.1, 0.15) is 23.6 Å².